The predicted octanol–water partition coefficient (Wildman–Crippen LogP) is 3.85. The monoisotopic (exact) mass is 322 g/mol. The number of rotatable bonds is 6. The number of nitrogens with one attached hydrogen (secondary N) is 1. The van der Waals surface area contributed by atoms with Crippen LogP contribution < -0.4 is 10.2 Å². The Labute approximate surface area is 142 Å². The average Bonchev–Trinajstić information content (AvgIpc) is 3.15. The van der Waals surface area contributed by atoms with Crippen molar-refractivity contribution in [3.63, 3.8) is 0 Å². The summed E-state index contributed by atoms with van der Waals surface area (Å²) in [6.07, 6.45) is 4.30. The quantitative estimate of drug-likeness (QED) is 0.821. The van der Waals surface area contributed by atoms with Crippen molar-refractivity contribution in [1.82, 2.24) is 0 Å². The molecule has 0 saturated heterocycles. The van der Waals surface area contributed by atoms with Gasteiger partial charge in [0, 0.05) is 36.6 Å². The molecule has 1 amide bonds. The largest absolute Gasteiger partial charge is 0.377 e. The van der Waals surface area contributed by atoms with Gasteiger partial charge < -0.3 is 15.0 Å². The number of hydrogen-bond donors (Lipinski definition) is 1. The highest BCUT2D eigenvalue weighted by Crippen LogP contribution is 2.19. The molecule has 1 aliphatic rings. The van der Waals surface area contributed by atoms with Gasteiger partial charge in [-0.1, -0.05) is 24.3 Å². The summed E-state index contributed by atoms with van der Waals surface area (Å²) in [6.45, 7) is 5.05. The van der Waals surface area contributed by atoms with E-state index in [1.807, 2.05) is 55.5 Å². The highest BCUT2D eigenvalue weighted by atomic mass is 16.5. The lowest BCUT2D eigenvalue weighted by Crippen LogP contribution is -2.18. The molecule has 0 unspecified atom stereocenters. The van der Waals surface area contributed by atoms with E-state index in [1.165, 1.54) is 0 Å². The Morgan fingerprint density at radius 3 is 2.58 bits per heavy atom. The standard InChI is InChI=1S/C20H22N2O2/c1-2-24-15-16-6-5-7-18(14-16)21-20(23)17-8-10-19(11-9-17)22-12-3-4-13-22/h3-11,14H,2,12-13,15H2,1H3,(H,21,23). The van der Waals surface area contributed by atoms with Crippen molar-refractivity contribution in [3.05, 3.63) is 71.8 Å². The maximum atomic E-state index is 12.4. The molecular formula is C20H22N2O2. The zero-order valence-corrected chi connectivity index (χ0v) is 13.9. The first-order chi connectivity index (χ1) is 11.8. The Balaban J connectivity index is 1.64. The van der Waals surface area contributed by atoms with Gasteiger partial charge in [0.1, 0.15) is 0 Å². The SMILES string of the molecule is CCOCc1cccc(NC(=O)c2ccc(N3CC=CC3)cc2)c1. The summed E-state index contributed by atoms with van der Waals surface area (Å²) in [4.78, 5) is 14.7. The van der Waals surface area contributed by atoms with Crippen LogP contribution in [0.25, 0.3) is 0 Å². The Bertz CT molecular complexity index is 715. The highest BCUT2D eigenvalue weighted by molar-refractivity contribution is 6.04. The second kappa shape index (κ2) is 7.79. The summed E-state index contributed by atoms with van der Waals surface area (Å²) < 4.78 is 5.40. The van der Waals surface area contributed by atoms with Crippen molar-refractivity contribution in [1.29, 1.82) is 0 Å². The molecule has 0 spiro atoms. The minimum atomic E-state index is -0.102. The number of anilines is 2. The van der Waals surface area contributed by atoms with Crippen molar-refractivity contribution < 1.29 is 9.53 Å². The fraction of sp³-hybridized carbons (Fsp3) is 0.250. The molecule has 24 heavy (non-hydrogen) atoms. The van der Waals surface area contributed by atoms with Gasteiger partial charge in [0.05, 0.1) is 6.61 Å². The van der Waals surface area contributed by atoms with E-state index < -0.39 is 0 Å². The van der Waals surface area contributed by atoms with Crippen LogP contribution in [0.4, 0.5) is 11.4 Å². The van der Waals surface area contributed by atoms with Gasteiger partial charge in [0.15, 0.2) is 0 Å². The van der Waals surface area contributed by atoms with Crippen LogP contribution in [0.3, 0.4) is 0 Å². The summed E-state index contributed by atoms with van der Waals surface area (Å²) in [7, 11) is 0. The molecule has 0 atom stereocenters. The minimum absolute atomic E-state index is 0.102. The van der Waals surface area contributed by atoms with Crippen LogP contribution in [-0.2, 0) is 11.3 Å². The van der Waals surface area contributed by atoms with E-state index in [-0.39, 0.29) is 5.91 Å². The van der Waals surface area contributed by atoms with Crippen LogP contribution in [0, 0.1) is 0 Å². The van der Waals surface area contributed by atoms with Gasteiger partial charge in [0.25, 0.3) is 5.91 Å². The molecule has 4 heteroatoms. The second-order valence-electron chi connectivity index (χ2n) is 5.71. The Morgan fingerprint density at radius 2 is 1.88 bits per heavy atom. The first kappa shape index (κ1) is 16.3. The molecule has 3 rings (SSSR count). The smallest absolute Gasteiger partial charge is 0.255 e. The molecule has 124 valence electrons. The van der Waals surface area contributed by atoms with Gasteiger partial charge in [-0.15, -0.1) is 0 Å². The Hall–Kier alpha value is -2.59. The van der Waals surface area contributed by atoms with Crippen molar-refractivity contribution in [2.24, 2.45) is 0 Å². The summed E-state index contributed by atoms with van der Waals surface area (Å²) in [5.74, 6) is -0.102. The van der Waals surface area contributed by atoms with Crippen molar-refractivity contribution in [3.8, 4) is 0 Å². The molecule has 0 aromatic heterocycles. The highest BCUT2D eigenvalue weighted by Gasteiger charge is 2.10. The van der Waals surface area contributed by atoms with Gasteiger partial charge in [-0.05, 0) is 48.9 Å². The van der Waals surface area contributed by atoms with Crippen molar-refractivity contribution in [2.75, 3.05) is 29.9 Å². The molecule has 1 aliphatic heterocycles. The molecule has 4 nitrogen and oxygen atoms in total. The van der Waals surface area contributed by atoms with E-state index >= 15 is 0 Å². The number of nitrogens with zero attached hydrogens (tertiary/aromatic N) is 1. The third-order valence-corrected chi connectivity index (χ3v) is 3.97. The fourth-order valence-electron chi connectivity index (χ4n) is 2.67. The van der Waals surface area contributed by atoms with E-state index in [4.69, 9.17) is 4.74 Å². The lowest BCUT2D eigenvalue weighted by Gasteiger charge is -2.17. The summed E-state index contributed by atoms with van der Waals surface area (Å²) in [6, 6.07) is 15.5. The van der Waals surface area contributed by atoms with Gasteiger partial charge >= 0.3 is 0 Å². The molecule has 1 N–H and O–H groups in total. The zero-order valence-electron chi connectivity index (χ0n) is 13.9. The number of carbonyl (C=O) groups excluding carboxylic acids is 1. The minimum Gasteiger partial charge on any atom is -0.377 e. The molecule has 0 saturated carbocycles. The number of amides is 1. The maximum Gasteiger partial charge on any atom is 0.255 e. The Kier molecular flexibility index (Phi) is 5.29. The third-order valence-electron chi connectivity index (χ3n) is 3.97. The van der Waals surface area contributed by atoms with E-state index in [0.717, 1.165) is 30.0 Å². The van der Waals surface area contributed by atoms with Crippen molar-refractivity contribution in [2.45, 2.75) is 13.5 Å². The fourth-order valence-corrected chi connectivity index (χ4v) is 2.67. The number of benzene rings is 2. The number of hydrogen-bond acceptors (Lipinski definition) is 3. The van der Waals surface area contributed by atoms with E-state index in [9.17, 15) is 4.79 Å². The van der Waals surface area contributed by atoms with Crippen LogP contribution in [0.2, 0.25) is 0 Å². The first-order valence-electron chi connectivity index (χ1n) is 8.24. The molecule has 2 aromatic rings. The number of carbonyl (C=O) groups is 1. The summed E-state index contributed by atoms with van der Waals surface area (Å²) in [5, 5.41) is 2.94. The lowest BCUT2D eigenvalue weighted by molar-refractivity contribution is 0.102. The van der Waals surface area contributed by atoms with Crippen LogP contribution in [0.1, 0.15) is 22.8 Å². The lowest BCUT2D eigenvalue weighted by atomic mass is 10.1. The van der Waals surface area contributed by atoms with Gasteiger partial charge in [0.2, 0.25) is 0 Å². The van der Waals surface area contributed by atoms with Crippen LogP contribution >= 0.6 is 0 Å². The molecule has 0 fully saturated rings. The third kappa shape index (κ3) is 4.03. The topological polar surface area (TPSA) is 41.6 Å². The normalized spacial score (nSPS) is 13.3. The summed E-state index contributed by atoms with van der Waals surface area (Å²) in [5.41, 5.74) is 3.62. The van der Waals surface area contributed by atoms with Gasteiger partial charge in [-0.3, -0.25) is 4.79 Å². The zero-order chi connectivity index (χ0) is 16.8. The molecule has 2 aromatic carbocycles. The first-order valence-corrected chi connectivity index (χ1v) is 8.24. The van der Waals surface area contributed by atoms with E-state index in [2.05, 4.69) is 22.4 Å². The van der Waals surface area contributed by atoms with Gasteiger partial charge in [-0.2, -0.15) is 0 Å². The number of ether oxygens (including phenoxy) is 1. The van der Waals surface area contributed by atoms with Crippen molar-refractivity contribution >= 4 is 17.3 Å². The molecule has 0 radical (unpaired) electrons. The predicted molar refractivity (Wildman–Crippen MR) is 97.5 cm³/mol. The Morgan fingerprint density at radius 1 is 1.12 bits per heavy atom. The molecule has 0 aliphatic carbocycles. The van der Waals surface area contributed by atoms with Crippen LogP contribution in [0.15, 0.2) is 60.7 Å². The summed E-state index contributed by atoms with van der Waals surface area (Å²) >= 11 is 0. The molecule has 0 bridgehead atoms. The average molecular weight is 322 g/mol. The second-order valence-corrected chi connectivity index (χ2v) is 5.71. The molecular weight excluding hydrogens is 300 g/mol. The van der Waals surface area contributed by atoms with E-state index in [1.54, 1.807) is 0 Å². The van der Waals surface area contributed by atoms with Gasteiger partial charge in [-0.25, -0.2) is 0 Å². The maximum absolute atomic E-state index is 12.4. The van der Waals surface area contributed by atoms with E-state index in [0.29, 0.717) is 18.8 Å². The van der Waals surface area contributed by atoms with Crippen LogP contribution in [-0.4, -0.2) is 25.6 Å². The van der Waals surface area contributed by atoms with Crippen LogP contribution in [0.5, 0.6) is 0 Å². The molecule has 1 heterocycles.